The van der Waals surface area contributed by atoms with Crippen LogP contribution in [0.25, 0.3) is 0 Å². The number of hydrogen-bond donors (Lipinski definition) is 2. The van der Waals surface area contributed by atoms with Gasteiger partial charge in [-0.1, -0.05) is 57.8 Å². The molecule has 2 saturated carbocycles. The molecule has 144 valence electrons. The largest absolute Gasteiger partial charge is 0.356 e. The van der Waals surface area contributed by atoms with E-state index in [-0.39, 0.29) is 17.7 Å². The normalized spacial score (nSPS) is 19.5. The Bertz CT molecular complexity index is 383. The zero-order valence-corrected chi connectivity index (χ0v) is 16.0. The zero-order chi connectivity index (χ0) is 17.7. The van der Waals surface area contributed by atoms with Gasteiger partial charge in [0.25, 0.3) is 0 Å². The second-order valence-electron chi connectivity index (χ2n) is 8.05. The van der Waals surface area contributed by atoms with E-state index >= 15 is 0 Å². The molecular formula is C21H38N2O2. The molecule has 2 aliphatic rings. The molecule has 0 aromatic rings. The van der Waals surface area contributed by atoms with Crippen molar-refractivity contribution in [1.82, 2.24) is 10.6 Å². The van der Waals surface area contributed by atoms with Gasteiger partial charge in [0.1, 0.15) is 0 Å². The predicted octanol–water partition coefficient (Wildman–Crippen LogP) is 4.47. The van der Waals surface area contributed by atoms with Gasteiger partial charge in [0.15, 0.2) is 0 Å². The van der Waals surface area contributed by atoms with Crippen molar-refractivity contribution in [2.75, 3.05) is 6.54 Å². The van der Waals surface area contributed by atoms with Crippen LogP contribution in [0.2, 0.25) is 0 Å². The highest BCUT2D eigenvalue weighted by molar-refractivity contribution is 5.78. The van der Waals surface area contributed by atoms with Crippen LogP contribution < -0.4 is 10.6 Å². The molecule has 0 unspecified atom stereocenters. The smallest absolute Gasteiger partial charge is 0.223 e. The van der Waals surface area contributed by atoms with Gasteiger partial charge in [-0.3, -0.25) is 9.59 Å². The summed E-state index contributed by atoms with van der Waals surface area (Å²) < 4.78 is 0. The molecular weight excluding hydrogens is 312 g/mol. The molecule has 2 aliphatic carbocycles. The maximum absolute atomic E-state index is 12.1. The van der Waals surface area contributed by atoms with Crippen molar-refractivity contribution in [2.24, 2.45) is 5.92 Å². The van der Waals surface area contributed by atoms with Crippen LogP contribution in [-0.4, -0.2) is 24.4 Å². The molecule has 0 aliphatic heterocycles. The van der Waals surface area contributed by atoms with E-state index in [1.54, 1.807) is 0 Å². The molecule has 0 heterocycles. The highest BCUT2D eigenvalue weighted by atomic mass is 16.2. The van der Waals surface area contributed by atoms with Crippen molar-refractivity contribution in [3.63, 3.8) is 0 Å². The van der Waals surface area contributed by atoms with E-state index in [4.69, 9.17) is 0 Å². The Balaban J connectivity index is 1.39. The van der Waals surface area contributed by atoms with Crippen LogP contribution in [0.3, 0.4) is 0 Å². The second-order valence-corrected chi connectivity index (χ2v) is 8.05. The van der Waals surface area contributed by atoms with Crippen LogP contribution in [0.4, 0.5) is 0 Å². The lowest BCUT2D eigenvalue weighted by Gasteiger charge is -2.14. The van der Waals surface area contributed by atoms with E-state index in [1.807, 2.05) is 0 Å². The molecule has 4 heteroatoms. The number of rotatable bonds is 10. The van der Waals surface area contributed by atoms with E-state index in [2.05, 4.69) is 10.6 Å². The summed E-state index contributed by atoms with van der Waals surface area (Å²) in [5.41, 5.74) is 0. The molecule has 2 N–H and O–H groups in total. The number of amides is 2. The van der Waals surface area contributed by atoms with E-state index in [1.165, 1.54) is 38.5 Å². The molecule has 2 rings (SSSR count). The van der Waals surface area contributed by atoms with Crippen molar-refractivity contribution in [3.8, 4) is 0 Å². The fourth-order valence-corrected chi connectivity index (χ4v) is 4.21. The van der Waals surface area contributed by atoms with Gasteiger partial charge in [0, 0.05) is 24.9 Å². The fourth-order valence-electron chi connectivity index (χ4n) is 4.21. The minimum atomic E-state index is 0.238. The maximum atomic E-state index is 12.1. The van der Waals surface area contributed by atoms with Crippen molar-refractivity contribution in [3.05, 3.63) is 0 Å². The summed E-state index contributed by atoms with van der Waals surface area (Å²) in [6.45, 7) is 0.817. The summed E-state index contributed by atoms with van der Waals surface area (Å²) in [6.07, 6.45) is 18.2. The van der Waals surface area contributed by atoms with Gasteiger partial charge < -0.3 is 10.6 Å². The molecule has 2 fully saturated rings. The first-order valence-electron chi connectivity index (χ1n) is 10.8. The zero-order valence-electron chi connectivity index (χ0n) is 16.0. The van der Waals surface area contributed by atoms with Crippen molar-refractivity contribution < 1.29 is 9.59 Å². The summed E-state index contributed by atoms with van der Waals surface area (Å²) in [7, 11) is 0. The van der Waals surface area contributed by atoms with Gasteiger partial charge >= 0.3 is 0 Å². The minimum absolute atomic E-state index is 0.238. The molecule has 0 spiro atoms. The molecule has 2 amide bonds. The van der Waals surface area contributed by atoms with Crippen LogP contribution in [0.15, 0.2) is 0 Å². The van der Waals surface area contributed by atoms with Gasteiger partial charge in [-0.05, 0) is 38.5 Å². The van der Waals surface area contributed by atoms with Gasteiger partial charge in [-0.25, -0.2) is 0 Å². The summed E-state index contributed by atoms with van der Waals surface area (Å²) in [5, 5.41) is 6.28. The standard InChI is InChI=1S/C21H38N2O2/c24-20(23-19-14-9-10-15-19)16-8-2-1-5-11-17-22-21(25)18-12-6-3-4-7-13-18/h18-19H,1-17H2,(H,22,25)(H,23,24). The van der Waals surface area contributed by atoms with Crippen molar-refractivity contribution in [1.29, 1.82) is 0 Å². The van der Waals surface area contributed by atoms with E-state index in [0.29, 0.717) is 12.5 Å². The number of carbonyl (C=O) groups excluding carboxylic acids is 2. The summed E-state index contributed by atoms with van der Waals surface area (Å²) in [4.78, 5) is 24.0. The van der Waals surface area contributed by atoms with Crippen LogP contribution in [-0.2, 0) is 9.59 Å². The highest BCUT2D eigenvalue weighted by Gasteiger charge is 2.19. The SMILES string of the molecule is O=C(CCCCCCCNC(=O)C1CCCCCC1)NC1CCCC1. The van der Waals surface area contributed by atoms with Crippen LogP contribution in [0.1, 0.15) is 103 Å². The second kappa shape index (κ2) is 12.3. The Morgan fingerprint density at radius 3 is 2.04 bits per heavy atom. The summed E-state index contributed by atoms with van der Waals surface area (Å²) >= 11 is 0. The lowest BCUT2D eigenvalue weighted by molar-refractivity contribution is -0.125. The quantitative estimate of drug-likeness (QED) is 0.451. The molecule has 0 atom stereocenters. The lowest BCUT2D eigenvalue weighted by atomic mass is 9.99. The molecule has 0 saturated heterocycles. The Hall–Kier alpha value is -1.06. The van der Waals surface area contributed by atoms with Crippen LogP contribution in [0, 0.1) is 5.92 Å². The van der Waals surface area contributed by atoms with E-state index < -0.39 is 0 Å². The number of unbranched alkanes of at least 4 members (excludes halogenated alkanes) is 4. The molecule has 4 nitrogen and oxygen atoms in total. The Morgan fingerprint density at radius 2 is 1.32 bits per heavy atom. The predicted molar refractivity (Wildman–Crippen MR) is 102 cm³/mol. The van der Waals surface area contributed by atoms with Crippen molar-refractivity contribution >= 4 is 11.8 Å². The molecule has 0 bridgehead atoms. The van der Waals surface area contributed by atoms with Gasteiger partial charge in [0.2, 0.25) is 11.8 Å². The first-order valence-corrected chi connectivity index (χ1v) is 10.8. The first kappa shape index (κ1) is 20.3. The van der Waals surface area contributed by atoms with E-state index in [0.717, 1.165) is 64.3 Å². The summed E-state index contributed by atoms with van der Waals surface area (Å²) in [5.74, 6) is 0.786. The Labute approximate surface area is 153 Å². The third-order valence-electron chi connectivity index (χ3n) is 5.83. The number of hydrogen-bond acceptors (Lipinski definition) is 2. The summed E-state index contributed by atoms with van der Waals surface area (Å²) in [6, 6.07) is 0.449. The molecule has 25 heavy (non-hydrogen) atoms. The van der Waals surface area contributed by atoms with Gasteiger partial charge in [0.05, 0.1) is 0 Å². The number of carbonyl (C=O) groups is 2. The third kappa shape index (κ3) is 8.73. The van der Waals surface area contributed by atoms with Crippen LogP contribution in [0.5, 0.6) is 0 Å². The van der Waals surface area contributed by atoms with E-state index in [9.17, 15) is 9.59 Å². The average molecular weight is 351 g/mol. The monoisotopic (exact) mass is 350 g/mol. The van der Waals surface area contributed by atoms with Crippen LogP contribution >= 0.6 is 0 Å². The highest BCUT2D eigenvalue weighted by Crippen LogP contribution is 2.22. The molecule has 0 radical (unpaired) electrons. The number of nitrogens with one attached hydrogen (secondary N) is 2. The Kier molecular flexibility index (Phi) is 9.98. The van der Waals surface area contributed by atoms with Gasteiger partial charge in [-0.15, -0.1) is 0 Å². The third-order valence-corrected chi connectivity index (χ3v) is 5.83. The Morgan fingerprint density at radius 1 is 0.720 bits per heavy atom. The molecule has 0 aromatic carbocycles. The van der Waals surface area contributed by atoms with Gasteiger partial charge in [-0.2, -0.15) is 0 Å². The first-order chi connectivity index (χ1) is 12.3. The minimum Gasteiger partial charge on any atom is -0.356 e. The lowest BCUT2D eigenvalue weighted by Crippen LogP contribution is -2.32. The topological polar surface area (TPSA) is 58.2 Å². The maximum Gasteiger partial charge on any atom is 0.223 e. The fraction of sp³-hybridized carbons (Fsp3) is 0.905. The average Bonchev–Trinajstić information content (AvgIpc) is 2.95. The van der Waals surface area contributed by atoms with Crippen molar-refractivity contribution in [2.45, 2.75) is 109 Å². The molecule has 0 aromatic heterocycles.